The summed E-state index contributed by atoms with van der Waals surface area (Å²) < 4.78 is 11.2. The van der Waals surface area contributed by atoms with E-state index in [1.807, 2.05) is 23.9 Å². The van der Waals surface area contributed by atoms with Crippen LogP contribution in [-0.2, 0) is 16.9 Å². The molecule has 32 heavy (non-hydrogen) atoms. The van der Waals surface area contributed by atoms with Gasteiger partial charge in [-0.05, 0) is 55.0 Å². The second-order valence-electron chi connectivity index (χ2n) is 8.56. The van der Waals surface area contributed by atoms with Crippen LogP contribution >= 0.6 is 11.8 Å². The van der Waals surface area contributed by atoms with E-state index in [9.17, 15) is 0 Å². The predicted molar refractivity (Wildman–Crippen MR) is 134 cm³/mol. The summed E-state index contributed by atoms with van der Waals surface area (Å²) in [6.07, 6.45) is 4.43. The van der Waals surface area contributed by atoms with Crippen LogP contribution in [0.3, 0.4) is 0 Å². The smallest absolute Gasteiger partial charge is 0.164 e. The maximum atomic E-state index is 5.88. The third-order valence-corrected chi connectivity index (χ3v) is 7.50. The van der Waals surface area contributed by atoms with Gasteiger partial charge in [0.25, 0.3) is 0 Å². The van der Waals surface area contributed by atoms with Crippen molar-refractivity contribution in [3.63, 3.8) is 0 Å². The molecule has 0 saturated carbocycles. The zero-order valence-corrected chi connectivity index (χ0v) is 20.2. The molecule has 5 nitrogen and oxygen atoms in total. The van der Waals surface area contributed by atoms with Gasteiger partial charge in [-0.15, -0.1) is 0 Å². The summed E-state index contributed by atoms with van der Waals surface area (Å²) in [7, 11) is 3.93. The van der Waals surface area contributed by atoms with E-state index in [2.05, 4.69) is 53.2 Å². The summed E-state index contributed by atoms with van der Waals surface area (Å²) in [6, 6.07) is 17.3. The lowest BCUT2D eigenvalue weighted by Gasteiger charge is -2.38. The lowest BCUT2D eigenvalue weighted by atomic mass is 10.0. The Kier molecular flexibility index (Phi) is 8.49. The summed E-state index contributed by atoms with van der Waals surface area (Å²) in [5.41, 5.74) is 3.74. The fraction of sp³-hybridized carbons (Fsp3) is 0.500. The number of hydrogen-bond acceptors (Lipinski definition) is 6. The Labute approximate surface area is 196 Å². The molecule has 0 unspecified atom stereocenters. The number of benzene rings is 2. The molecule has 172 valence electrons. The van der Waals surface area contributed by atoms with Crippen LogP contribution in [0.2, 0.25) is 0 Å². The first kappa shape index (κ1) is 23.1. The fourth-order valence-corrected chi connectivity index (χ4v) is 5.44. The molecule has 2 aromatic rings. The van der Waals surface area contributed by atoms with E-state index in [-0.39, 0.29) is 0 Å². The SMILES string of the molecule is COc1cccc(CCOCCCN2CCC(N(C)C3=Nc4ccccc4CS3)CC2)c1. The molecule has 2 aromatic carbocycles. The molecule has 0 spiro atoms. The quantitative estimate of drug-likeness (QED) is 0.501. The second-order valence-corrected chi connectivity index (χ2v) is 9.51. The Balaban J connectivity index is 1.12. The number of piperidine rings is 1. The first-order valence-electron chi connectivity index (χ1n) is 11.7. The molecule has 0 bridgehead atoms. The molecule has 1 saturated heterocycles. The Morgan fingerprint density at radius 1 is 1.09 bits per heavy atom. The van der Waals surface area contributed by atoms with Crippen molar-refractivity contribution in [2.45, 2.75) is 37.5 Å². The minimum absolute atomic E-state index is 0.585. The van der Waals surface area contributed by atoms with Gasteiger partial charge in [0.15, 0.2) is 5.17 Å². The first-order chi connectivity index (χ1) is 15.7. The minimum Gasteiger partial charge on any atom is -0.497 e. The Bertz CT molecular complexity index is 896. The van der Waals surface area contributed by atoms with Gasteiger partial charge >= 0.3 is 0 Å². The fourth-order valence-electron chi connectivity index (χ4n) is 4.40. The summed E-state index contributed by atoms with van der Waals surface area (Å²) in [4.78, 5) is 9.92. The molecule has 0 amide bonds. The predicted octanol–water partition coefficient (Wildman–Crippen LogP) is 4.98. The van der Waals surface area contributed by atoms with Crippen molar-refractivity contribution in [3.8, 4) is 5.75 Å². The summed E-state index contributed by atoms with van der Waals surface area (Å²) in [5, 5.41) is 1.17. The molecule has 4 rings (SSSR count). The van der Waals surface area contributed by atoms with E-state index in [0.717, 1.165) is 62.9 Å². The highest BCUT2D eigenvalue weighted by atomic mass is 32.2. The highest BCUT2D eigenvalue weighted by molar-refractivity contribution is 8.13. The average molecular weight is 454 g/mol. The van der Waals surface area contributed by atoms with E-state index in [1.165, 1.54) is 29.1 Å². The number of amidine groups is 1. The average Bonchev–Trinajstić information content (AvgIpc) is 2.86. The van der Waals surface area contributed by atoms with E-state index in [0.29, 0.717) is 6.04 Å². The Hall–Kier alpha value is -2.02. The molecule has 0 aromatic heterocycles. The van der Waals surface area contributed by atoms with Gasteiger partial charge in [-0.2, -0.15) is 0 Å². The molecule has 2 aliphatic heterocycles. The topological polar surface area (TPSA) is 37.3 Å². The standard InChI is InChI=1S/C26H35N3O2S/c1-28(26-27-25-10-4-3-8-22(25)20-32-26)23-11-15-29(16-12-23)14-6-17-31-18-13-21-7-5-9-24(19-21)30-2/h3-5,7-10,19,23H,6,11-18,20H2,1-2H3. The number of para-hydroxylation sites is 1. The number of fused-ring (bicyclic) bond motifs is 1. The van der Waals surface area contributed by atoms with Gasteiger partial charge in [0, 0.05) is 45.1 Å². The molecule has 2 heterocycles. The van der Waals surface area contributed by atoms with Gasteiger partial charge in [0.2, 0.25) is 0 Å². The second kappa shape index (κ2) is 11.7. The lowest BCUT2D eigenvalue weighted by molar-refractivity contribution is 0.111. The van der Waals surface area contributed by atoms with E-state index < -0.39 is 0 Å². The van der Waals surface area contributed by atoms with Crippen molar-refractivity contribution in [1.29, 1.82) is 0 Å². The highest BCUT2D eigenvalue weighted by Crippen LogP contribution is 2.32. The molecule has 0 aliphatic carbocycles. The molecule has 1 fully saturated rings. The van der Waals surface area contributed by atoms with Gasteiger partial charge in [0.05, 0.1) is 19.4 Å². The van der Waals surface area contributed by atoms with Gasteiger partial charge in [0.1, 0.15) is 5.75 Å². The van der Waals surface area contributed by atoms with Crippen molar-refractivity contribution in [2.24, 2.45) is 4.99 Å². The summed E-state index contributed by atoms with van der Waals surface area (Å²) in [6.45, 7) is 5.04. The maximum Gasteiger partial charge on any atom is 0.164 e. The molecular formula is C26H35N3O2S. The van der Waals surface area contributed by atoms with E-state index in [1.54, 1.807) is 7.11 Å². The van der Waals surface area contributed by atoms with Crippen molar-refractivity contribution in [1.82, 2.24) is 9.80 Å². The largest absolute Gasteiger partial charge is 0.497 e. The zero-order valence-electron chi connectivity index (χ0n) is 19.3. The number of ether oxygens (including phenoxy) is 2. The van der Waals surface area contributed by atoms with Crippen LogP contribution in [0, 0.1) is 0 Å². The van der Waals surface area contributed by atoms with Crippen LogP contribution in [0.5, 0.6) is 5.75 Å². The number of rotatable bonds is 9. The maximum absolute atomic E-state index is 5.88. The number of aliphatic imine (C=N–C) groups is 1. The van der Waals surface area contributed by atoms with Gasteiger partial charge < -0.3 is 19.3 Å². The first-order valence-corrected chi connectivity index (χ1v) is 12.7. The Morgan fingerprint density at radius 3 is 2.78 bits per heavy atom. The van der Waals surface area contributed by atoms with Crippen LogP contribution in [0.4, 0.5) is 5.69 Å². The molecular weight excluding hydrogens is 418 g/mol. The van der Waals surface area contributed by atoms with Crippen molar-refractivity contribution >= 4 is 22.6 Å². The van der Waals surface area contributed by atoms with Crippen LogP contribution in [0.15, 0.2) is 53.5 Å². The van der Waals surface area contributed by atoms with Gasteiger partial charge in [-0.1, -0.05) is 42.1 Å². The van der Waals surface area contributed by atoms with Crippen LogP contribution in [-0.4, -0.2) is 68.0 Å². The van der Waals surface area contributed by atoms with Crippen molar-refractivity contribution in [3.05, 3.63) is 59.7 Å². The number of hydrogen-bond donors (Lipinski definition) is 0. The van der Waals surface area contributed by atoms with Gasteiger partial charge in [-0.25, -0.2) is 4.99 Å². The van der Waals surface area contributed by atoms with Crippen LogP contribution in [0.1, 0.15) is 30.4 Å². The molecule has 2 aliphatic rings. The minimum atomic E-state index is 0.585. The molecule has 0 N–H and O–H groups in total. The Morgan fingerprint density at radius 2 is 1.94 bits per heavy atom. The van der Waals surface area contributed by atoms with Crippen LogP contribution in [0.25, 0.3) is 0 Å². The third-order valence-electron chi connectivity index (χ3n) is 6.40. The summed E-state index contributed by atoms with van der Waals surface area (Å²) >= 11 is 1.87. The van der Waals surface area contributed by atoms with E-state index >= 15 is 0 Å². The number of methoxy groups -OCH3 is 1. The van der Waals surface area contributed by atoms with Crippen molar-refractivity contribution < 1.29 is 9.47 Å². The number of nitrogens with zero attached hydrogens (tertiary/aromatic N) is 3. The van der Waals surface area contributed by atoms with E-state index in [4.69, 9.17) is 14.5 Å². The number of thioether (sulfide) groups is 1. The summed E-state index contributed by atoms with van der Waals surface area (Å²) in [5.74, 6) is 1.94. The van der Waals surface area contributed by atoms with Crippen LogP contribution < -0.4 is 4.74 Å². The molecule has 0 radical (unpaired) electrons. The van der Waals surface area contributed by atoms with Crippen molar-refractivity contribution in [2.75, 3.05) is 47.0 Å². The third kappa shape index (κ3) is 6.27. The normalized spacial score (nSPS) is 17.0. The van der Waals surface area contributed by atoms with Gasteiger partial charge in [-0.3, -0.25) is 0 Å². The lowest BCUT2D eigenvalue weighted by Crippen LogP contribution is -2.45. The highest BCUT2D eigenvalue weighted by Gasteiger charge is 2.26. The molecule has 6 heteroatoms. The number of likely N-dealkylation sites (tertiary alicyclic amines) is 1. The monoisotopic (exact) mass is 453 g/mol. The molecule has 0 atom stereocenters. The zero-order chi connectivity index (χ0) is 22.2.